The number of nitrogen functional groups attached to an aromatic ring is 2. The average Bonchev–Trinajstić information content (AvgIpc) is 3.06. The topological polar surface area (TPSA) is 103 Å². The Kier molecular flexibility index (Phi) is 5.37. The van der Waals surface area contributed by atoms with Gasteiger partial charge in [-0.15, -0.1) is 0 Å². The summed E-state index contributed by atoms with van der Waals surface area (Å²) in [7, 11) is 1.69. The number of piperidine rings is 1. The van der Waals surface area contributed by atoms with Crippen molar-refractivity contribution in [3.8, 4) is 0 Å². The van der Waals surface area contributed by atoms with Crippen molar-refractivity contribution in [3.05, 3.63) is 27.6 Å². The third kappa shape index (κ3) is 3.77. The van der Waals surface area contributed by atoms with Crippen molar-refractivity contribution in [2.45, 2.75) is 48.1 Å². The number of anilines is 3. The molecule has 1 saturated carbocycles. The fourth-order valence-electron chi connectivity index (χ4n) is 4.37. The summed E-state index contributed by atoms with van der Waals surface area (Å²) in [6, 6.07) is 1.68. The predicted molar refractivity (Wildman–Crippen MR) is 114 cm³/mol. The lowest BCUT2D eigenvalue weighted by Crippen LogP contribution is -2.42. The van der Waals surface area contributed by atoms with Gasteiger partial charge in [0.1, 0.15) is 22.7 Å². The Bertz CT molecular complexity index is 991. The van der Waals surface area contributed by atoms with Crippen molar-refractivity contribution < 1.29 is 4.39 Å². The largest absolute Gasteiger partial charge is 0.382 e. The summed E-state index contributed by atoms with van der Waals surface area (Å²) < 4.78 is 15.2. The number of nitrogens with zero attached hydrogens (tertiary/aromatic N) is 4. The van der Waals surface area contributed by atoms with Gasteiger partial charge in [-0.1, -0.05) is 23.4 Å². The van der Waals surface area contributed by atoms with Crippen LogP contribution >= 0.6 is 23.4 Å². The van der Waals surface area contributed by atoms with E-state index in [4.69, 9.17) is 23.1 Å². The van der Waals surface area contributed by atoms with Gasteiger partial charge >= 0.3 is 0 Å². The number of hydrogen-bond donors (Lipinski definition) is 2. The van der Waals surface area contributed by atoms with Crippen LogP contribution < -0.4 is 21.9 Å². The van der Waals surface area contributed by atoms with Crippen molar-refractivity contribution >= 4 is 40.9 Å². The van der Waals surface area contributed by atoms with Crippen LogP contribution in [0.25, 0.3) is 0 Å². The molecule has 4 rings (SSSR count). The molecule has 0 amide bonds. The number of pyridine rings is 1. The molecule has 1 spiro atoms. The minimum absolute atomic E-state index is 0.105. The predicted octanol–water partition coefficient (Wildman–Crippen LogP) is 3.25. The molecule has 1 saturated heterocycles. The summed E-state index contributed by atoms with van der Waals surface area (Å²) in [5.74, 6) is 0.896. The van der Waals surface area contributed by atoms with Crippen molar-refractivity contribution in [3.63, 3.8) is 0 Å². The summed E-state index contributed by atoms with van der Waals surface area (Å²) in [5, 5.41) is 0.284. The quantitative estimate of drug-likeness (QED) is 0.757. The Morgan fingerprint density at radius 3 is 2.66 bits per heavy atom. The Morgan fingerprint density at radius 1 is 1.28 bits per heavy atom. The maximum absolute atomic E-state index is 13.7. The molecule has 2 aromatic heterocycles. The molecule has 10 heteroatoms. The second-order valence-corrected chi connectivity index (χ2v) is 9.36. The fourth-order valence-corrected chi connectivity index (χ4v) is 5.51. The van der Waals surface area contributed by atoms with Gasteiger partial charge in [-0.2, -0.15) is 4.98 Å². The molecular formula is C19H24ClFN6OS. The molecule has 0 bridgehead atoms. The van der Waals surface area contributed by atoms with Gasteiger partial charge in [-0.05, 0) is 43.6 Å². The maximum atomic E-state index is 13.7. The second-order valence-electron chi connectivity index (χ2n) is 7.93. The van der Waals surface area contributed by atoms with Gasteiger partial charge in [0.15, 0.2) is 0 Å². The summed E-state index contributed by atoms with van der Waals surface area (Å²) in [5.41, 5.74) is 11.8. The molecule has 0 radical (unpaired) electrons. The maximum Gasteiger partial charge on any atom is 0.270 e. The lowest BCUT2D eigenvalue weighted by atomic mass is 9.77. The van der Waals surface area contributed by atoms with Crippen LogP contribution in [-0.4, -0.2) is 33.8 Å². The molecule has 4 N–H and O–H groups in total. The number of aromatic nitrogens is 3. The van der Waals surface area contributed by atoms with Gasteiger partial charge in [0.25, 0.3) is 5.56 Å². The molecule has 7 nitrogen and oxygen atoms in total. The molecule has 2 aromatic rings. The third-order valence-electron chi connectivity index (χ3n) is 6.09. The minimum Gasteiger partial charge on any atom is -0.382 e. The Morgan fingerprint density at radius 2 is 2.00 bits per heavy atom. The van der Waals surface area contributed by atoms with E-state index in [1.807, 2.05) is 0 Å². The van der Waals surface area contributed by atoms with Crippen LogP contribution in [0, 0.1) is 5.41 Å². The highest BCUT2D eigenvalue weighted by Gasteiger charge is 2.42. The molecule has 0 aromatic carbocycles. The lowest BCUT2D eigenvalue weighted by Gasteiger charge is -2.40. The van der Waals surface area contributed by atoms with Gasteiger partial charge < -0.3 is 16.4 Å². The number of nitrogens with two attached hydrogens (primary N) is 2. The zero-order valence-electron chi connectivity index (χ0n) is 16.2. The molecule has 1 aliphatic heterocycles. The highest BCUT2D eigenvalue weighted by Crippen LogP contribution is 2.47. The Labute approximate surface area is 177 Å². The van der Waals surface area contributed by atoms with E-state index in [0.717, 1.165) is 44.1 Å². The normalized spacial score (nSPS) is 21.1. The molecule has 1 unspecified atom stereocenters. The SMILES string of the molecule is Cn1c(N2CCC3(CCC(F)C3)CC2)nc(N)c(Sc2ccnc(N)c2Cl)c1=O. The smallest absolute Gasteiger partial charge is 0.270 e. The van der Waals surface area contributed by atoms with Crippen LogP contribution in [0.3, 0.4) is 0 Å². The zero-order chi connectivity index (χ0) is 20.8. The first-order valence-corrected chi connectivity index (χ1v) is 10.8. The van der Waals surface area contributed by atoms with E-state index in [9.17, 15) is 9.18 Å². The molecule has 3 heterocycles. The summed E-state index contributed by atoms with van der Waals surface area (Å²) in [6.45, 7) is 1.48. The van der Waals surface area contributed by atoms with Crippen LogP contribution in [0.15, 0.2) is 26.8 Å². The van der Waals surface area contributed by atoms with Crippen LogP contribution in [0.2, 0.25) is 5.02 Å². The van der Waals surface area contributed by atoms with Gasteiger partial charge in [0.2, 0.25) is 5.95 Å². The van der Waals surface area contributed by atoms with E-state index in [1.165, 1.54) is 10.8 Å². The third-order valence-corrected chi connectivity index (χ3v) is 7.75. The first-order chi connectivity index (χ1) is 13.8. The first-order valence-electron chi connectivity index (χ1n) is 9.63. The van der Waals surface area contributed by atoms with Crippen LogP contribution in [0.1, 0.15) is 32.1 Å². The van der Waals surface area contributed by atoms with E-state index < -0.39 is 6.17 Å². The van der Waals surface area contributed by atoms with Crippen molar-refractivity contribution in [1.29, 1.82) is 0 Å². The monoisotopic (exact) mass is 438 g/mol. The first kappa shape index (κ1) is 20.3. The molecule has 1 atom stereocenters. The molecule has 2 fully saturated rings. The molecular weight excluding hydrogens is 415 g/mol. The number of alkyl halides is 1. The van der Waals surface area contributed by atoms with E-state index in [1.54, 1.807) is 13.1 Å². The van der Waals surface area contributed by atoms with Crippen LogP contribution in [0.4, 0.5) is 22.0 Å². The lowest BCUT2D eigenvalue weighted by molar-refractivity contribution is 0.202. The Balaban J connectivity index is 1.58. The summed E-state index contributed by atoms with van der Waals surface area (Å²) >= 11 is 7.33. The fraction of sp³-hybridized carbons (Fsp3) is 0.526. The van der Waals surface area contributed by atoms with Crippen molar-refractivity contribution in [2.75, 3.05) is 29.5 Å². The van der Waals surface area contributed by atoms with E-state index >= 15 is 0 Å². The second kappa shape index (κ2) is 7.68. The van der Waals surface area contributed by atoms with Gasteiger partial charge in [0.05, 0.1) is 5.02 Å². The number of halogens is 2. The van der Waals surface area contributed by atoms with Gasteiger partial charge in [0, 0.05) is 31.2 Å². The van der Waals surface area contributed by atoms with E-state index in [-0.39, 0.29) is 27.6 Å². The number of rotatable bonds is 3. The zero-order valence-corrected chi connectivity index (χ0v) is 17.8. The number of hydrogen-bond acceptors (Lipinski definition) is 7. The van der Waals surface area contributed by atoms with Gasteiger partial charge in [-0.25, -0.2) is 9.37 Å². The van der Waals surface area contributed by atoms with E-state index in [2.05, 4.69) is 14.9 Å². The molecule has 2 aliphatic rings. The van der Waals surface area contributed by atoms with Crippen LogP contribution in [0.5, 0.6) is 0 Å². The summed E-state index contributed by atoms with van der Waals surface area (Å²) in [6.07, 6.45) is 4.93. The highest BCUT2D eigenvalue weighted by molar-refractivity contribution is 7.99. The average molecular weight is 439 g/mol. The van der Waals surface area contributed by atoms with Crippen LogP contribution in [-0.2, 0) is 7.05 Å². The van der Waals surface area contributed by atoms with E-state index in [0.29, 0.717) is 28.6 Å². The Hall–Kier alpha value is -2.00. The standard InChI is InChI=1S/C19H24ClFN6OS/c1-26-17(28)14(29-12-3-7-24-15(22)13(12)20)16(23)25-18(26)27-8-5-19(6-9-27)4-2-11(21)10-19/h3,7,11H,2,4-6,8-10,23H2,1H3,(H2,22,24). The highest BCUT2D eigenvalue weighted by atomic mass is 35.5. The molecule has 29 heavy (non-hydrogen) atoms. The molecule has 1 aliphatic carbocycles. The van der Waals surface area contributed by atoms with Crippen molar-refractivity contribution in [2.24, 2.45) is 12.5 Å². The minimum atomic E-state index is -0.676. The molecule has 156 valence electrons. The summed E-state index contributed by atoms with van der Waals surface area (Å²) in [4.78, 5) is 24.4. The van der Waals surface area contributed by atoms with Crippen molar-refractivity contribution in [1.82, 2.24) is 14.5 Å². The van der Waals surface area contributed by atoms with Gasteiger partial charge in [-0.3, -0.25) is 9.36 Å².